The zero-order chi connectivity index (χ0) is 43.8. The summed E-state index contributed by atoms with van der Waals surface area (Å²) in [4.78, 5) is 9.91. The first kappa shape index (κ1) is 41.0. The summed E-state index contributed by atoms with van der Waals surface area (Å²) >= 11 is 0. The SMILES string of the molecule is CC(C)(C)c1cccc(N2CN(c3cc(Oc4ccc5c6ccccc6n(-c6cc(C(C)(C)c7ccccc7)ccn6)c5c4)cc(C(C)(C)C)c3)c3ccc(C(C)(C)C)cc32)c1. The fraction of sp³-hybridized carbons (Fsp3) is 0.281. The number of ether oxygens (including phenoxy) is 1. The standard InChI is InChI=1S/C57H60N4O/c1-54(2,3)39-20-17-21-43(30-39)59-37-60(50-27-24-40(33-52(50)59)55(4,5)6)44-31-42(56(7,8)9)32-46(35-44)62-45-25-26-48-47-22-15-16-23-49(47)61(51(48)36-45)53-34-41(28-29-58-53)57(10,11)38-18-13-12-14-19-38/h12-36H,37H2,1-11H3. The Balaban J connectivity index is 1.14. The first-order valence-corrected chi connectivity index (χ1v) is 22.1. The Hall–Kier alpha value is -6.33. The van der Waals surface area contributed by atoms with E-state index in [0.717, 1.165) is 39.4 Å². The summed E-state index contributed by atoms with van der Waals surface area (Å²) in [5.74, 6) is 2.46. The van der Waals surface area contributed by atoms with E-state index in [9.17, 15) is 0 Å². The van der Waals surface area contributed by atoms with Gasteiger partial charge in [0.2, 0.25) is 0 Å². The van der Waals surface area contributed by atoms with Crippen molar-refractivity contribution in [3.05, 3.63) is 180 Å². The van der Waals surface area contributed by atoms with Crippen LogP contribution in [0.2, 0.25) is 0 Å². The van der Waals surface area contributed by atoms with E-state index in [0.29, 0.717) is 6.67 Å². The van der Waals surface area contributed by atoms with Crippen LogP contribution in [0, 0.1) is 0 Å². The van der Waals surface area contributed by atoms with E-state index in [4.69, 9.17) is 9.72 Å². The molecule has 0 saturated heterocycles. The Morgan fingerprint density at radius 2 is 1.08 bits per heavy atom. The second-order valence-corrected chi connectivity index (χ2v) is 20.7. The molecule has 2 aromatic heterocycles. The quantitative estimate of drug-likeness (QED) is 0.160. The molecule has 5 heteroatoms. The number of rotatable bonds is 7. The molecule has 0 saturated carbocycles. The van der Waals surface area contributed by atoms with Crippen molar-refractivity contribution in [2.24, 2.45) is 0 Å². The monoisotopic (exact) mass is 816 g/mol. The Morgan fingerprint density at radius 1 is 0.435 bits per heavy atom. The van der Waals surface area contributed by atoms with E-state index in [1.165, 1.54) is 50.3 Å². The molecule has 3 heterocycles. The van der Waals surface area contributed by atoms with E-state index in [1.54, 1.807) is 0 Å². The number of nitrogens with zero attached hydrogens (tertiary/aromatic N) is 4. The summed E-state index contributed by atoms with van der Waals surface area (Å²) in [6, 6.07) is 53.0. The van der Waals surface area contributed by atoms with Crippen molar-refractivity contribution < 1.29 is 4.74 Å². The lowest BCUT2D eigenvalue weighted by Gasteiger charge is -2.27. The van der Waals surface area contributed by atoms with Gasteiger partial charge in [0, 0.05) is 45.9 Å². The van der Waals surface area contributed by atoms with Crippen molar-refractivity contribution in [1.29, 1.82) is 0 Å². The Bertz CT molecular complexity index is 2950. The predicted molar refractivity (Wildman–Crippen MR) is 262 cm³/mol. The van der Waals surface area contributed by atoms with Gasteiger partial charge in [0.25, 0.3) is 0 Å². The van der Waals surface area contributed by atoms with Crippen molar-refractivity contribution in [2.75, 3.05) is 16.5 Å². The molecule has 6 aromatic carbocycles. The number of aromatic nitrogens is 2. The van der Waals surface area contributed by atoms with E-state index in [-0.39, 0.29) is 21.7 Å². The van der Waals surface area contributed by atoms with Gasteiger partial charge in [-0.1, -0.05) is 143 Å². The molecule has 5 nitrogen and oxygen atoms in total. The summed E-state index contributed by atoms with van der Waals surface area (Å²) in [7, 11) is 0. The minimum absolute atomic E-state index is 0.0129. The minimum atomic E-state index is -0.208. The van der Waals surface area contributed by atoms with Crippen LogP contribution in [0.25, 0.3) is 27.6 Å². The van der Waals surface area contributed by atoms with Crippen LogP contribution in [-0.2, 0) is 21.7 Å². The molecular formula is C57H60N4O. The lowest BCUT2D eigenvalue weighted by Crippen LogP contribution is -2.25. The molecule has 62 heavy (non-hydrogen) atoms. The highest BCUT2D eigenvalue weighted by molar-refractivity contribution is 6.09. The molecule has 1 aliphatic rings. The van der Waals surface area contributed by atoms with Crippen molar-refractivity contribution in [3.8, 4) is 17.3 Å². The largest absolute Gasteiger partial charge is 0.457 e. The van der Waals surface area contributed by atoms with Crippen LogP contribution in [0.1, 0.15) is 104 Å². The molecule has 0 fully saturated rings. The number of para-hydroxylation sites is 1. The van der Waals surface area contributed by atoms with Crippen LogP contribution in [0.4, 0.5) is 22.7 Å². The Morgan fingerprint density at radius 3 is 1.82 bits per heavy atom. The number of hydrogen-bond donors (Lipinski definition) is 0. The van der Waals surface area contributed by atoms with Crippen molar-refractivity contribution in [2.45, 2.75) is 97.8 Å². The van der Waals surface area contributed by atoms with Crippen LogP contribution in [0.3, 0.4) is 0 Å². The minimum Gasteiger partial charge on any atom is -0.457 e. The average molecular weight is 817 g/mol. The second kappa shape index (κ2) is 14.9. The molecule has 8 aromatic rings. The fourth-order valence-corrected chi connectivity index (χ4v) is 8.89. The average Bonchev–Trinajstić information content (AvgIpc) is 3.79. The smallest absolute Gasteiger partial charge is 0.137 e. The zero-order valence-electron chi connectivity index (χ0n) is 38.3. The highest BCUT2D eigenvalue weighted by atomic mass is 16.5. The van der Waals surface area contributed by atoms with Gasteiger partial charge in [-0.3, -0.25) is 4.57 Å². The second-order valence-electron chi connectivity index (χ2n) is 20.7. The third kappa shape index (κ3) is 7.52. The van der Waals surface area contributed by atoms with Gasteiger partial charge in [-0.25, -0.2) is 4.98 Å². The highest BCUT2D eigenvalue weighted by Gasteiger charge is 2.32. The normalized spacial score (nSPS) is 13.6. The molecule has 0 spiro atoms. The lowest BCUT2D eigenvalue weighted by atomic mass is 9.78. The molecule has 0 amide bonds. The molecule has 9 rings (SSSR count). The fourth-order valence-electron chi connectivity index (χ4n) is 8.89. The van der Waals surface area contributed by atoms with Gasteiger partial charge in [-0.2, -0.15) is 0 Å². The van der Waals surface area contributed by atoms with Crippen LogP contribution in [-0.4, -0.2) is 16.2 Å². The van der Waals surface area contributed by atoms with Crippen LogP contribution in [0.5, 0.6) is 11.5 Å². The van der Waals surface area contributed by atoms with E-state index in [1.807, 2.05) is 6.20 Å². The third-order valence-electron chi connectivity index (χ3n) is 12.9. The summed E-state index contributed by atoms with van der Waals surface area (Å²) in [5.41, 5.74) is 12.9. The van der Waals surface area contributed by atoms with Gasteiger partial charge >= 0.3 is 0 Å². The van der Waals surface area contributed by atoms with Gasteiger partial charge in [-0.15, -0.1) is 0 Å². The lowest BCUT2D eigenvalue weighted by molar-refractivity contribution is 0.479. The third-order valence-corrected chi connectivity index (χ3v) is 12.9. The molecule has 0 unspecified atom stereocenters. The molecule has 0 aliphatic carbocycles. The van der Waals surface area contributed by atoms with Gasteiger partial charge in [0.15, 0.2) is 0 Å². The van der Waals surface area contributed by atoms with E-state index in [2.05, 4.69) is 236 Å². The number of hydrogen-bond acceptors (Lipinski definition) is 4. The van der Waals surface area contributed by atoms with Gasteiger partial charge in [0.1, 0.15) is 24.0 Å². The zero-order valence-corrected chi connectivity index (χ0v) is 38.3. The summed E-state index contributed by atoms with van der Waals surface area (Å²) < 4.78 is 9.27. The van der Waals surface area contributed by atoms with E-state index < -0.39 is 0 Å². The summed E-state index contributed by atoms with van der Waals surface area (Å²) in [6.45, 7) is 25.8. The molecule has 1 aliphatic heterocycles. The molecule has 0 atom stereocenters. The first-order chi connectivity index (χ1) is 29.4. The van der Waals surface area contributed by atoms with Crippen LogP contribution < -0.4 is 14.5 Å². The molecular weight excluding hydrogens is 757 g/mol. The van der Waals surface area contributed by atoms with Crippen LogP contribution in [0.15, 0.2) is 152 Å². The summed E-state index contributed by atoms with van der Waals surface area (Å²) in [5, 5.41) is 2.34. The molecule has 314 valence electrons. The first-order valence-electron chi connectivity index (χ1n) is 22.1. The maximum Gasteiger partial charge on any atom is 0.137 e. The van der Waals surface area contributed by atoms with Crippen molar-refractivity contribution >= 4 is 44.6 Å². The number of anilines is 4. The molecule has 0 radical (unpaired) electrons. The molecule has 0 bridgehead atoms. The van der Waals surface area contributed by atoms with Crippen molar-refractivity contribution in [1.82, 2.24) is 9.55 Å². The number of fused-ring (bicyclic) bond motifs is 4. The number of benzene rings is 6. The van der Waals surface area contributed by atoms with Gasteiger partial charge in [0.05, 0.1) is 22.4 Å². The van der Waals surface area contributed by atoms with Crippen LogP contribution >= 0.6 is 0 Å². The Labute approximate surface area is 368 Å². The van der Waals surface area contributed by atoms with Crippen molar-refractivity contribution in [3.63, 3.8) is 0 Å². The van der Waals surface area contributed by atoms with Gasteiger partial charge in [-0.05, 0) is 111 Å². The molecule has 0 N–H and O–H groups in total. The maximum atomic E-state index is 6.99. The topological polar surface area (TPSA) is 33.5 Å². The van der Waals surface area contributed by atoms with E-state index >= 15 is 0 Å². The summed E-state index contributed by atoms with van der Waals surface area (Å²) in [6.07, 6.45) is 1.94. The maximum absolute atomic E-state index is 6.99. The Kier molecular flexibility index (Phi) is 9.89. The predicted octanol–water partition coefficient (Wildman–Crippen LogP) is 15.4. The number of pyridine rings is 1. The highest BCUT2D eigenvalue weighted by Crippen LogP contribution is 2.48. The van der Waals surface area contributed by atoms with Gasteiger partial charge < -0.3 is 14.5 Å².